The van der Waals surface area contributed by atoms with Gasteiger partial charge < -0.3 is 29.3 Å². The van der Waals surface area contributed by atoms with Crippen molar-refractivity contribution < 1.29 is 29.3 Å². The molecule has 0 N–H and O–H groups in total. The van der Waals surface area contributed by atoms with Gasteiger partial charge in [0.15, 0.2) is 0 Å². The number of ether oxygens (including phenoxy) is 2. The van der Waals surface area contributed by atoms with Crippen LogP contribution in [0.2, 0.25) is 0 Å². The summed E-state index contributed by atoms with van der Waals surface area (Å²) in [5, 5.41) is 21.6. The van der Waals surface area contributed by atoms with E-state index in [0.29, 0.717) is 39.6 Å². The first-order chi connectivity index (χ1) is 15.7. The highest BCUT2D eigenvalue weighted by molar-refractivity contribution is 5.64. The number of rotatable bonds is 8. The van der Waals surface area contributed by atoms with Crippen molar-refractivity contribution in [2.75, 3.05) is 33.1 Å². The van der Waals surface area contributed by atoms with Crippen molar-refractivity contribution in [3.63, 3.8) is 0 Å². The molecule has 33 heavy (non-hydrogen) atoms. The number of fused-ring (bicyclic) bond motifs is 1. The van der Waals surface area contributed by atoms with Crippen LogP contribution < -0.4 is 14.9 Å². The second-order valence-electron chi connectivity index (χ2n) is 9.58. The van der Waals surface area contributed by atoms with E-state index in [0.717, 1.165) is 23.5 Å². The lowest BCUT2D eigenvalue weighted by Crippen LogP contribution is -2.39. The number of benzene rings is 1. The molecule has 0 spiro atoms. The first-order valence-electron chi connectivity index (χ1n) is 11.4. The monoisotopic (exact) mass is 454 g/mol. The summed E-state index contributed by atoms with van der Waals surface area (Å²) in [4.78, 5) is 25.6. The van der Waals surface area contributed by atoms with Gasteiger partial charge in [0.25, 0.3) is 0 Å². The Bertz CT molecular complexity index is 983. The van der Waals surface area contributed by atoms with Crippen molar-refractivity contribution in [2.24, 2.45) is 5.92 Å². The Kier molecular flexibility index (Phi) is 6.76. The minimum absolute atomic E-state index is 0.00603. The second-order valence-corrected chi connectivity index (χ2v) is 9.58. The number of allylic oxidation sites excluding steroid dienone is 2. The number of carbonyl (C=O) groups excluding carboxylic acids is 2. The topological polar surface area (TPSA) is 105 Å². The third kappa shape index (κ3) is 5.39. The number of hydrogen-bond acceptors (Lipinski definition) is 8. The maximum Gasteiger partial charge on any atom is 0.142 e. The zero-order valence-electron chi connectivity index (χ0n) is 19.2. The molecule has 1 atom stereocenters. The molecule has 3 aliphatic rings. The summed E-state index contributed by atoms with van der Waals surface area (Å²) in [6, 6.07) is 6.28. The number of aliphatic carboxylic acids is 2. The highest BCUT2D eigenvalue weighted by atomic mass is 16.5. The van der Waals surface area contributed by atoms with E-state index >= 15 is 0 Å². The van der Waals surface area contributed by atoms with Crippen LogP contribution in [0.5, 0.6) is 5.75 Å². The van der Waals surface area contributed by atoms with Crippen LogP contribution in [0.1, 0.15) is 44.2 Å². The van der Waals surface area contributed by atoms with Crippen LogP contribution >= 0.6 is 0 Å². The van der Waals surface area contributed by atoms with E-state index in [9.17, 15) is 19.8 Å². The van der Waals surface area contributed by atoms with E-state index in [2.05, 4.69) is 32.1 Å². The summed E-state index contributed by atoms with van der Waals surface area (Å²) in [6.07, 6.45) is 5.07. The molecule has 0 fully saturated rings. The van der Waals surface area contributed by atoms with E-state index in [1.165, 1.54) is 11.1 Å². The molecule has 0 radical (unpaired) electrons. The van der Waals surface area contributed by atoms with Crippen molar-refractivity contribution >= 4 is 11.9 Å². The van der Waals surface area contributed by atoms with Gasteiger partial charge in [-0.3, -0.25) is 9.80 Å². The summed E-state index contributed by atoms with van der Waals surface area (Å²) in [6.45, 7) is 7.37. The Balaban J connectivity index is 1.45. The average molecular weight is 455 g/mol. The molecular weight excluding hydrogens is 424 g/mol. The fourth-order valence-corrected chi connectivity index (χ4v) is 4.71. The standard InChI is InChI=1S/C25H32N2O6/c1-25(2,19-3-5-21-17(11-19)13-26(15-32-21)9-7-23(28)29)20-4-6-22-18(12-20)14-27(16-33-22)10-8-24(30)31/h3-6,11,20H,7-10,12-16H2,1-2H3,(H,28,29)(H,30,31)/p-2. The zero-order chi connectivity index (χ0) is 23.6. The Morgan fingerprint density at radius 3 is 2.39 bits per heavy atom. The molecule has 2 heterocycles. The molecule has 0 amide bonds. The second kappa shape index (κ2) is 9.57. The molecule has 0 aromatic heterocycles. The highest BCUT2D eigenvalue weighted by Gasteiger charge is 2.35. The van der Waals surface area contributed by atoms with Gasteiger partial charge >= 0.3 is 0 Å². The van der Waals surface area contributed by atoms with Gasteiger partial charge in [-0.25, -0.2) is 0 Å². The SMILES string of the molecule is CC(C)(c1ccc2c(c1)CN(CCC(=O)[O-])CO2)C1C=CC2=C(C1)CN(CCC(=O)[O-])CO2. The Labute approximate surface area is 194 Å². The summed E-state index contributed by atoms with van der Waals surface area (Å²) in [5.74, 6) is -0.121. The fourth-order valence-electron chi connectivity index (χ4n) is 4.71. The first kappa shape index (κ1) is 23.3. The lowest BCUT2D eigenvalue weighted by Gasteiger charge is -2.39. The van der Waals surface area contributed by atoms with Gasteiger partial charge in [0.05, 0.1) is 0 Å². The summed E-state index contributed by atoms with van der Waals surface area (Å²) < 4.78 is 11.7. The lowest BCUT2D eigenvalue weighted by molar-refractivity contribution is -0.307. The third-order valence-electron chi connectivity index (χ3n) is 6.90. The Morgan fingerprint density at radius 2 is 1.70 bits per heavy atom. The summed E-state index contributed by atoms with van der Waals surface area (Å²) in [7, 11) is 0. The fraction of sp³-hybridized carbons (Fsp3) is 0.520. The number of hydrogen-bond donors (Lipinski definition) is 0. The summed E-state index contributed by atoms with van der Waals surface area (Å²) >= 11 is 0. The average Bonchev–Trinajstić information content (AvgIpc) is 2.80. The minimum Gasteiger partial charge on any atom is -0.550 e. The van der Waals surface area contributed by atoms with E-state index in [1.54, 1.807) is 0 Å². The Hall–Kier alpha value is -2.84. The number of carbonyl (C=O) groups is 2. The van der Waals surface area contributed by atoms with Crippen LogP contribution in [0, 0.1) is 5.92 Å². The quantitative estimate of drug-likeness (QED) is 0.560. The van der Waals surface area contributed by atoms with Gasteiger partial charge in [-0.1, -0.05) is 32.1 Å². The molecule has 1 aromatic carbocycles. The van der Waals surface area contributed by atoms with Crippen molar-refractivity contribution in [3.8, 4) is 5.75 Å². The normalized spacial score (nSPS) is 21.1. The molecule has 0 saturated carbocycles. The molecule has 8 heteroatoms. The van der Waals surface area contributed by atoms with Crippen molar-refractivity contribution in [1.82, 2.24) is 9.80 Å². The van der Waals surface area contributed by atoms with Gasteiger partial charge in [-0.15, -0.1) is 0 Å². The molecule has 0 saturated heterocycles. The van der Waals surface area contributed by atoms with Gasteiger partial charge in [0.1, 0.15) is 25.0 Å². The molecule has 8 nitrogen and oxygen atoms in total. The van der Waals surface area contributed by atoms with Gasteiger partial charge in [-0.05, 0) is 53.9 Å². The highest BCUT2D eigenvalue weighted by Crippen LogP contribution is 2.42. The molecular formula is C25H30N2O6-2. The molecule has 1 aliphatic carbocycles. The van der Waals surface area contributed by atoms with Crippen molar-refractivity contribution in [1.29, 1.82) is 0 Å². The molecule has 1 unspecified atom stereocenters. The zero-order valence-corrected chi connectivity index (χ0v) is 19.2. The lowest BCUT2D eigenvalue weighted by atomic mass is 9.69. The van der Waals surface area contributed by atoms with Gasteiger partial charge in [0, 0.05) is 43.7 Å². The largest absolute Gasteiger partial charge is 0.550 e. The number of nitrogens with zero attached hydrogens (tertiary/aromatic N) is 2. The van der Waals surface area contributed by atoms with Gasteiger partial charge in [-0.2, -0.15) is 0 Å². The third-order valence-corrected chi connectivity index (χ3v) is 6.90. The maximum absolute atomic E-state index is 10.8. The molecule has 1 aromatic rings. The van der Waals surface area contributed by atoms with E-state index in [1.807, 2.05) is 21.9 Å². The van der Waals surface area contributed by atoms with Crippen LogP contribution in [0.4, 0.5) is 0 Å². The summed E-state index contributed by atoms with van der Waals surface area (Å²) in [5.41, 5.74) is 3.27. The molecule has 4 rings (SSSR count). The predicted molar refractivity (Wildman–Crippen MR) is 116 cm³/mol. The van der Waals surface area contributed by atoms with Crippen LogP contribution in [-0.2, 0) is 26.3 Å². The number of carboxylic acids is 2. The van der Waals surface area contributed by atoms with Crippen LogP contribution in [-0.4, -0.2) is 54.8 Å². The molecule has 0 bridgehead atoms. The van der Waals surface area contributed by atoms with E-state index in [-0.39, 0.29) is 24.2 Å². The van der Waals surface area contributed by atoms with E-state index < -0.39 is 11.9 Å². The van der Waals surface area contributed by atoms with Crippen LogP contribution in [0.15, 0.2) is 41.7 Å². The minimum atomic E-state index is -1.06. The van der Waals surface area contributed by atoms with Crippen molar-refractivity contribution in [2.45, 2.75) is 45.1 Å². The Morgan fingerprint density at radius 1 is 1.03 bits per heavy atom. The number of carboxylic acid groups (broad SMARTS) is 2. The van der Waals surface area contributed by atoms with Crippen LogP contribution in [0.25, 0.3) is 0 Å². The smallest absolute Gasteiger partial charge is 0.142 e. The molecule has 2 aliphatic heterocycles. The predicted octanol–water partition coefficient (Wildman–Crippen LogP) is 0.516. The van der Waals surface area contributed by atoms with Crippen LogP contribution in [0.3, 0.4) is 0 Å². The molecule has 178 valence electrons. The van der Waals surface area contributed by atoms with Crippen molar-refractivity contribution in [3.05, 3.63) is 52.8 Å². The van der Waals surface area contributed by atoms with Gasteiger partial charge in [0.2, 0.25) is 0 Å². The first-order valence-corrected chi connectivity index (χ1v) is 11.4. The maximum atomic E-state index is 10.8. The van der Waals surface area contributed by atoms with E-state index in [4.69, 9.17) is 9.47 Å².